The number of nitro groups is 1. The number of hydrogen-bond acceptors (Lipinski definition) is 4. The summed E-state index contributed by atoms with van der Waals surface area (Å²) in [6, 6.07) is 0.919. The fraction of sp³-hybridized carbons (Fsp3) is 0.333. The van der Waals surface area contributed by atoms with Crippen molar-refractivity contribution in [3.63, 3.8) is 0 Å². The van der Waals surface area contributed by atoms with Gasteiger partial charge in [-0.2, -0.15) is 13.2 Å². The van der Waals surface area contributed by atoms with Gasteiger partial charge in [0.15, 0.2) is 0 Å². The maximum absolute atomic E-state index is 12.3. The molecule has 0 unspecified atom stereocenters. The minimum Gasteiger partial charge on any atom is -0.394 e. The Morgan fingerprint density at radius 1 is 1.47 bits per heavy atom. The molecule has 5 nitrogen and oxygen atoms in total. The van der Waals surface area contributed by atoms with Crippen molar-refractivity contribution in [2.24, 2.45) is 5.73 Å². The molecule has 0 saturated carbocycles. The first kappa shape index (κ1) is 13.4. The summed E-state index contributed by atoms with van der Waals surface area (Å²) in [5.74, 6) is 0. The lowest BCUT2D eigenvalue weighted by molar-refractivity contribution is -0.386. The average Bonchev–Trinajstić information content (AvgIpc) is 2.25. The predicted molar refractivity (Wildman–Crippen MR) is 52.1 cm³/mol. The lowest BCUT2D eigenvalue weighted by Crippen LogP contribution is -2.17. The van der Waals surface area contributed by atoms with Gasteiger partial charge in [-0.1, -0.05) is 0 Å². The highest BCUT2D eigenvalue weighted by molar-refractivity contribution is 5.46. The molecule has 0 fully saturated rings. The molecule has 1 aromatic rings. The van der Waals surface area contributed by atoms with Crippen LogP contribution in [-0.2, 0) is 6.18 Å². The molecule has 0 aromatic heterocycles. The summed E-state index contributed by atoms with van der Waals surface area (Å²) < 4.78 is 37.0. The Balaban J connectivity index is 3.32. The number of aliphatic hydroxyl groups is 1. The number of aliphatic hydroxyl groups excluding tert-OH is 1. The zero-order valence-electron chi connectivity index (χ0n) is 8.44. The van der Waals surface area contributed by atoms with E-state index in [1.54, 1.807) is 0 Å². The Hall–Kier alpha value is -1.67. The van der Waals surface area contributed by atoms with Crippen LogP contribution in [0.1, 0.15) is 17.2 Å². The first-order chi connectivity index (χ1) is 7.77. The maximum Gasteiger partial charge on any atom is 0.416 e. The van der Waals surface area contributed by atoms with E-state index in [0.29, 0.717) is 12.1 Å². The fourth-order valence-electron chi connectivity index (χ4n) is 1.29. The van der Waals surface area contributed by atoms with Crippen LogP contribution in [0.15, 0.2) is 18.2 Å². The van der Waals surface area contributed by atoms with Crippen molar-refractivity contribution in [3.05, 3.63) is 39.4 Å². The van der Waals surface area contributed by atoms with Crippen LogP contribution in [0.3, 0.4) is 0 Å². The molecule has 0 heterocycles. The Labute approximate surface area is 93.8 Å². The van der Waals surface area contributed by atoms with Gasteiger partial charge in [0, 0.05) is 11.6 Å². The fourth-order valence-corrected chi connectivity index (χ4v) is 1.29. The van der Waals surface area contributed by atoms with E-state index < -0.39 is 35.0 Å². The molecule has 0 aliphatic carbocycles. The molecular weight excluding hydrogens is 241 g/mol. The summed E-state index contributed by atoms with van der Waals surface area (Å²) in [5, 5.41) is 19.4. The van der Waals surface area contributed by atoms with Crippen molar-refractivity contribution in [1.29, 1.82) is 0 Å². The van der Waals surface area contributed by atoms with Crippen LogP contribution in [0.4, 0.5) is 18.9 Å². The number of rotatable bonds is 3. The lowest BCUT2D eigenvalue weighted by Gasteiger charge is -2.11. The van der Waals surface area contributed by atoms with E-state index in [1.165, 1.54) is 0 Å². The van der Waals surface area contributed by atoms with Gasteiger partial charge in [0.25, 0.3) is 5.69 Å². The Kier molecular flexibility index (Phi) is 3.69. The molecular formula is C9H9F3N2O3. The molecule has 0 aliphatic rings. The van der Waals surface area contributed by atoms with Gasteiger partial charge in [-0.05, 0) is 12.1 Å². The molecule has 0 amide bonds. The molecule has 0 radical (unpaired) electrons. The Bertz CT molecular complexity index is 434. The van der Waals surface area contributed by atoms with Crippen LogP contribution in [0.5, 0.6) is 0 Å². The number of hydrogen-bond donors (Lipinski definition) is 2. The molecule has 0 spiro atoms. The van der Waals surface area contributed by atoms with Crippen molar-refractivity contribution in [2.75, 3.05) is 6.61 Å². The van der Waals surface area contributed by atoms with Crippen LogP contribution >= 0.6 is 0 Å². The average molecular weight is 250 g/mol. The Morgan fingerprint density at radius 2 is 2.06 bits per heavy atom. The predicted octanol–water partition coefficient (Wildman–Crippen LogP) is 1.61. The van der Waals surface area contributed by atoms with Gasteiger partial charge in [-0.3, -0.25) is 10.1 Å². The summed E-state index contributed by atoms with van der Waals surface area (Å²) >= 11 is 0. The van der Waals surface area contributed by atoms with Crippen molar-refractivity contribution in [1.82, 2.24) is 0 Å². The zero-order chi connectivity index (χ0) is 13.2. The molecule has 1 atom stereocenters. The van der Waals surface area contributed by atoms with Gasteiger partial charge in [-0.25, -0.2) is 0 Å². The minimum absolute atomic E-state index is 0.134. The SMILES string of the molecule is N[C@H](CO)c1ccc(C(F)(F)F)cc1[N+](=O)[O-]. The summed E-state index contributed by atoms with van der Waals surface area (Å²) in [4.78, 5) is 9.66. The standard InChI is InChI=1S/C9H9F3N2O3/c10-9(11,12)5-1-2-6(7(13)4-15)8(3-5)14(16)17/h1-3,7,15H,4,13H2/t7-/m1/s1. The molecule has 8 heteroatoms. The van der Waals surface area contributed by atoms with E-state index in [9.17, 15) is 23.3 Å². The highest BCUT2D eigenvalue weighted by Crippen LogP contribution is 2.34. The van der Waals surface area contributed by atoms with Gasteiger partial charge >= 0.3 is 6.18 Å². The van der Waals surface area contributed by atoms with E-state index in [1.807, 2.05) is 0 Å². The van der Waals surface area contributed by atoms with Gasteiger partial charge in [0.05, 0.1) is 23.1 Å². The number of nitro benzene ring substituents is 1. The molecule has 0 saturated heterocycles. The van der Waals surface area contributed by atoms with Gasteiger partial charge in [-0.15, -0.1) is 0 Å². The normalized spacial score (nSPS) is 13.5. The Morgan fingerprint density at radius 3 is 2.47 bits per heavy atom. The second-order valence-corrected chi connectivity index (χ2v) is 3.32. The third kappa shape index (κ3) is 2.92. The quantitative estimate of drug-likeness (QED) is 0.629. The minimum atomic E-state index is -4.66. The molecule has 94 valence electrons. The smallest absolute Gasteiger partial charge is 0.394 e. The monoisotopic (exact) mass is 250 g/mol. The van der Waals surface area contributed by atoms with Crippen molar-refractivity contribution in [2.45, 2.75) is 12.2 Å². The van der Waals surface area contributed by atoms with Gasteiger partial charge in [0.1, 0.15) is 0 Å². The third-order valence-corrected chi connectivity index (χ3v) is 2.15. The van der Waals surface area contributed by atoms with Crippen LogP contribution in [0.2, 0.25) is 0 Å². The molecule has 17 heavy (non-hydrogen) atoms. The van der Waals surface area contributed by atoms with Crippen molar-refractivity contribution in [3.8, 4) is 0 Å². The molecule has 0 bridgehead atoms. The second kappa shape index (κ2) is 4.68. The van der Waals surface area contributed by atoms with E-state index in [4.69, 9.17) is 10.8 Å². The summed E-state index contributed by atoms with van der Waals surface area (Å²) in [6.07, 6.45) is -4.66. The third-order valence-electron chi connectivity index (χ3n) is 2.15. The van der Waals surface area contributed by atoms with Crippen LogP contribution in [0, 0.1) is 10.1 Å². The van der Waals surface area contributed by atoms with E-state index in [0.717, 1.165) is 6.07 Å². The van der Waals surface area contributed by atoms with Crippen LogP contribution < -0.4 is 5.73 Å². The topological polar surface area (TPSA) is 89.4 Å². The summed E-state index contributed by atoms with van der Waals surface area (Å²) in [6.45, 7) is -0.591. The van der Waals surface area contributed by atoms with E-state index >= 15 is 0 Å². The number of nitrogens with zero attached hydrogens (tertiary/aromatic N) is 1. The van der Waals surface area contributed by atoms with Crippen molar-refractivity contribution < 1.29 is 23.2 Å². The number of halogens is 3. The van der Waals surface area contributed by atoms with E-state index in [-0.39, 0.29) is 5.56 Å². The highest BCUT2D eigenvalue weighted by Gasteiger charge is 2.33. The zero-order valence-corrected chi connectivity index (χ0v) is 8.44. The maximum atomic E-state index is 12.3. The summed E-state index contributed by atoms with van der Waals surface area (Å²) in [5.41, 5.74) is 3.35. The number of benzene rings is 1. The number of nitrogens with two attached hydrogens (primary N) is 1. The number of alkyl halides is 3. The van der Waals surface area contributed by atoms with Crippen LogP contribution in [0.25, 0.3) is 0 Å². The summed E-state index contributed by atoms with van der Waals surface area (Å²) in [7, 11) is 0. The van der Waals surface area contributed by atoms with Gasteiger partial charge in [0.2, 0.25) is 0 Å². The lowest BCUT2D eigenvalue weighted by atomic mass is 10.0. The molecule has 3 N–H and O–H groups in total. The highest BCUT2D eigenvalue weighted by atomic mass is 19.4. The van der Waals surface area contributed by atoms with Crippen LogP contribution in [-0.4, -0.2) is 16.6 Å². The largest absolute Gasteiger partial charge is 0.416 e. The van der Waals surface area contributed by atoms with E-state index in [2.05, 4.69) is 0 Å². The van der Waals surface area contributed by atoms with Gasteiger partial charge < -0.3 is 10.8 Å². The molecule has 0 aliphatic heterocycles. The first-order valence-corrected chi connectivity index (χ1v) is 4.49. The van der Waals surface area contributed by atoms with Crippen molar-refractivity contribution >= 4 is 5.69 Å². The second-order valence-electron chi connectivity index (χ2n) is 3.32. The molecule has 1 rings (SSSR count). The molecule has 1 aromatic carbocycles. The first-order valence-electron chi connectivity index (χ1n) is 4.49.